The maximum Gasteiger partial charge on any atom is 0.417 e. The lowest BCUT2D eigenvalue weighted by Crippen LogP contribution is -2.24. The van der Waals surface area contributed by atoms with Crippen LogP contribution in [0.5, 0.6) is 0 Å². The van der Waals surface area contributed by atoms with Crippen molar-refractivity contribution in [3.8, 4) is 0 Å². The average Bonchev–Trinajstić information content (AvgIpc) is 2.53. The molecule has 4 nitrogen and oxygen atoms in total. The van der Waals surface area contributed by atoms with E-state index in [0.29, 0.717) is 12.2 Å². The number of aliphatic hydroxyl groups excluding tert-OH is 1. The van der Waals surface area contributed by atoms with E-state index in [4.69, 9.17) is 10.8 Å². The number of hydrogen-bond acceptors (Lipinski definition) is 4. The molecular formula is C16H18F3N3O. The van der Waals surface area contributed by atoms with Gasteiger partial charge in [0.25, 0.3) is 0 Å². The summed E-state index contributed by atoms with van der Waals surface area (Å²) >= 11 is 0. The van der Waals surface area contributed by atoms with E-state index >= 15 is 0 Å². The Morgan fingerprint density at radius 2 is 1.83 bits per heavy atom. The van der Waals surface area contributed by atoms with Gasteiger partial charge in [0.05, 0.1) is 12.2 Å². The molecule has 0 aliphatic rings. The van der Waals surface area contributed by atoms with Gasteiger partial charge in [0.15, 0.2) is 0 Å². The van der Waals surface area contributed by atoms with Crippen LogP contribution in [0.4, 0.5) is 24.7 Å². The van der Waals surface area contributed by atoms with E-state index in [9.17, 15) is 13.2 Å². The van der Waals surface area contributed by atoms with Gasteiger partial charge < -0.3 is 16.2 Å². The van der Waals surface area contributed by atoms with Crippen LogP contribution in [-0.2, 0) is 12.6 Å². The first-order chi connectivity index (χ1) is 10.9. The fourth-order valence-electron chi connectivity index (χ4n) is 1.98. The van der Waals surface area contributed by atoms with Crippen molar-refractivity contribution in [2.24, 2.45) is 5.73 Å². The van der Waals surface area contributed by atoms with Gasteiger partial charge in [-0.15, -0.1) is 0 Å². The summed E-state index contributed by atoms with van der Waals surface area (Å²) in [5, 5.41) is 11.8. The van der Waals surface area contributed by atoms with Crippen LogP contribution in [0.3, 0.4) is 0 Å². The third-order valence-corrected chi connectivity index (χ3v) is 3.36. The highest BCUT2D eigenvalue weighted by Gasteiger charge is 2.30. The van der Waals surface area contributed by atoms with Gasteiger partial charge in [0.1, 0.15) is 5.82 Å². The molecule has 4 N–H and O–H groups in total. The number of pyridine rings is 1. The number of halogens is 3. The Hall–Kier alpha value is -2.12. The van der Waals surface area contributed by atoms with E-state index in [1.807, 2.05) is 24.3 Å². The number of anilines is 2. The Balaban J connectivity index is 1.95. The molecule has 0 unspecified atom stereocenters. The van der Waals surface area contributed by atoms with Crippen LogP contribution >= 0.6 is 0 Å². The molecule has 0 saturated heterocycles. The Kier molecular flexibility index (Phi) is 5.57. The number of aliphatic hydroxyl groups is 1. The van der Waals surface area contributed by atoms with Gasteiger partial charge in [-0.25, -0.2) is 4.98 Å². The summed E-state index contributed by atoms with van der Waals surface area (Å²) < 4.78 is 37.4. The van der Waals surface area contributed by atoms with Crippen LogP contribution in [0.15, 0.2) is 42.6 Å². The van der Waals surface area contributed by atoms with Gasteiger partial charge in [-0.05, 0) is 42.7 Å². The molecule has 1 heterocycles. The van der Waals surface area contributed by atoms with Gasteiger partial charge in [-0.3, -0.25) is 0 Å². The summed E-state index contributed by atoms with van der Waals surface area (Å²) in [4.78, 5) is 3.76. The van der Waals surface area contributed by atoms with Crippen molar-refractivity contribution in [1.82, 2.24) is 4.98 Å². The van der Waals surface area contributed by atoms with E-state index in [1.54, 1.807) is 0 Å². The second-order valence-electron chi connectivity index (χ2n) is 5.23. The number of nitrogens with zero attached hydrogens (tertiary/aromatic N) is 1. The lowest BCUT2D eigenvalue weighted by atomic mass is 10.1. The SMILES string of the molecule is N[C@H](CO)CCc1ccc(Nc2ccc(C(F)(F)F)cn2)cc1. The molecule has 7 heteroatoms. The van der Waals surface area contributed by atoms with E-state index in [-0.39, 0.29) is 12.6 Å². The largest absolute Gasteiger partial charge is 0.417 e. The maximum atomic E-state index is 12.5. The number of nitrogens with one attached hydrogen (secondary N) is 1. The van der Waals surface area contributed by atoms with E-state index < -0.39 is 11.7 Å². The summed E-state index contributed by atoms with van der Waals surface area (Å²) in [7, 11) is 0. The van der Waals surface area contributed by atoms with Gasteiger partial charge in [0, 0.05) is 17.9 Å². The minimum Gasteiger partial charge on any atom is -0.395 e. The normalized spacial score (nSPS) is 12.9. The molecule has 2 rings (SSSR count). The molecule has 0 aliphatic heterocycles. The van der Waals surface area contributed by atoms with Crippen molar-refractivity contribution >= 4 is 11.5 Å². The first-order valence-electron chi connectivity index (χ1n) is 7.14. The van der Waals surface area contributed by atoms with Crippen molar-refractivity contribution in [2.75, 3.05) is 11.9 Å². The lowest BCUT2D eigenvalue weighted by molar-refractivity contribution is -0.137. The minimum atomic E-state index is -4.39. The van der Waals surface area contributed by atoms with Gasteiger partial charge >= 0.3 is 6.18 Å². The standard InChI is InChI=1S/C16H18F3N3O/c17-16(18,19)12-4-8-15(21-9-12)22-14-6-2-11(3-7-14)1-5-13(20)10-23/h2-4,6-9,13,23H,1,5,10,20H2,(H,21,22)/t13-/m0/s1. The molecule has 0 radical (unpaired) electrons. The third kappa shape index (κ3) is 5.22. The molecule has 2 aromatic rings. The molecule has 0 bridgehead atoms. The smallest absolute Gasteiger partial charge is 0.395 e. The fourth-order valence-corrected chi connectivity index (χ4v) is 1.98. The summed E-state index contributed by atoms with van der Waals surface area (Å²) in [5.41, 5.74) is 6.66. The molecule has 1 aromatic carbocycles. The maximum absolute atomic E-state index is 12.5. The topological polar surface area (TPSA) is 71.2 Å². The van der Waals surface area contributed by atoms with Crippen molar-refractivity contribution in [3.63, 3.8) is 0 Å². The number of aryl methyl sites for hydroxylation is 1. The zero-order valence-corrected chi connectivity index (χ0v) is 12.3. The van der Waals surface area contributed by atoms with Crippen molar-refractivity contribution in [3.05, 3.63) is 53.7 Å². The predicted molar refractivity (Wildman–Crippen MR) is 82.3 cm³/mol. The monoisotopic (exact) mass is 325 g/mol. The zero-order chi connectivity index (χ0) is 16.9. The molecule has 0 saturated carbocycles. The number of nitrogens with two attached hydrogens (primary N) is 1. The molecule has 0 aliphatic carbocycles. The molecule has 124 valence electrons. The molecule has 1 atom stereocenters. The fraction of sp³-hybridized carbons (Fsp3) is 0.312. The van der Waals surface area contributed by atoms with Crippen LogP contribution in [0.2, 0.25) is 0 Å². The Morgan fingerprint density at radius 1 is 1.13 bits per heavy atom. The Morgan fingerprint density at radius 3 is 2.35 bits per heavy atom. The second kappa shape index (κ2) is 7.43. The Bertz CT molecular complexity index is 612. The zero-order valence-electron chi connectivity index (χ0n) is 12.3. The third-order valence-electron chi connectivity index (χ3n) is 3.36. The first-order valence-corrected chi connectivity index (χ1v) is 7.14. The molecule has 0 spiro atoms. The number of benzene rings is 1. The van der Waals surface area contributed by atoms with Crippen LogP contribution in [0, 0.1) is 0 Å². The number of rotatable bonds is 6. The van der Waals surface area contributed by atoms with Gasteiger partial charge in [-0.1, -0.05) is 12.1 Å². The van der Waals surface area contributed by atoms with E-state index in [2.05, 4.69) is 10.3 Å². The highest BCUT2D eigenvalue weighted by atomic mass is 19.4. The summed E-state index contributed by atoms with van der Waals surface area (Å²) in [6.07, 6.45) is -2.15. The summed E-state index contributed by atoms with van der Waals surface area (Å²) in [6, 6.07) is 9.48. The van der Waals surface area contributed by atoms with Gasteiger partial charge in [0.2, 0.25) is 0 Å². The van der Waals surface area contributed by atoms with Crippen molar-refractivity contribution < 1.29 is 18.3 Å². The molecular weight excluding hydrogens is 307 g/mol. The van der Waals surface area contributed by atoms with Crippen molar-refractivity contribution in [1.29, 1.82) is 0 Å². The highest BCUT2D eigenvalue weighted by Crippen LogP contribution is 2.29. The van der Waals surface area contributed by atoms with E-state index in [0.717, 1.165) is 29.9 Å². The first kappa shape index (κ1) is 17.2. The van der Waals surface area contributed by atoms with Crippen LogP contribution in [0.1, 0.15) is 17.5 Å². The number of aromatic nitrogens is 1. The molecule has 23 heavy (non-hydrogen) atoms. The van der Waals surface area contributed by atoms with Crippen LogP contribution in [-0.4, -0.2) is 22.7 Å². The molecule has 0 amide bonds. The quantitative estimate of drug-likeness (QED) is 0.763. The lowest BCUT2D eigenvalue weighted by Gasteiger charge is -2.10. The predicted octanol–water partition coefficient (Wildman–Crippen LogP) is 3.10. The second-order valence-corrected chi connectivity index (χ2v) is 5.23. The molecule has 1 aromatic heterocycles. The summed E-state index contributed by atoms with van der Waals surface area (Å²) in [5.74, 6) is 0.341. The number of hydrogen-bond donors (Lipinski definition) is 3. The number of alkyl halides is 3. The van der Waals surface area contributed by atoms with Crippen LogP contribution in [0.25, 0.3) is 0 Å². The summed E-state index contributed by atoms with van der Waals surface area (Å²) in [6.45, 7) is -0.0424. The van der Waals surface area contributed by atoms with Crippen molar-refractivity contribution in [2.45, 2.75) is 25.1 Å². The van der Waals surface area contributed by atoms with Crippen LogP contribution < -0.4 is 11.1 Å². The molecule has 0 fully saturated rings. The minimum absolute atomic E-state index is 0.0424. The Labute approximate surface area is 132 Å². The van der Waals surface area contributed by atoms with Gasteiger partial charge in [-0.2, -0.15) is 13.2 Å². The van der Waals surface area contributed by atoms with E-state index in [1.165, 1.54) is 6.07 Å². The average molecular weight is 325 g/mol. The highest BCUT2D eigenvalue weighted by molar-refractivity contribution is 5.56.